The zero-order valence-electron chi connectivity index (χ0n) is 9.79. The summed E-state index contributed by atoms with van der Waals surface area (Å²) in [6, 6.07) is 0. The lowest BCUT2D eigenvalue weighted by Gasteiger charge is -2.24. The number of aliphatic hydroxyl groups excluding tert-OH is 2. The van der Waals surface area contributed by atoms with Crippen LogP contribution >= 0.6 is 23.2 Å². The second kappa shape index (κ2) is 5.55. The Kier molecular flexibility index (Phi) is 4.17. The van der Waals surface area contributed by atoms with Crippen LogP contribution in [0, 0.1) is 11.3 Å². The van der Waals surface area contributed by atoms with E-state index in [1.807, 2.05) is 10.4 Å². The van der Waals surface area contributed by atoms with Crippen LogP contribution in [0.1, 0.15) is 6.23 Å². The molecule has 8 nitrogen and oxygen atoms in total. The van der Waals surface area contributed by atoms with Crippen molar-refractivity contribution in [1.29, 1.82) is 0 Å². The number of halogens is 2. The van der Waals surface area contributed by atoms with E-state index in [9.17, 15) is 14.7 Å². The zero-order valence-corrected chi connectivity index (χ0v) is 11.3. The Bertz CT molecular complexity index is 678. The number of ether oxygens (including phenoxy) is 1. The molecule has 108 valence electrons. The van der Waals surface area contributed by atoms with Crippen molar-refractivity contribution < 1.29 is 14.9 Å². The quantitative estimate of drug-likeness (QED) is 0.444. The van der Waals surface area contributed by atoms with Crippen molar-refractivity contribution in [2.24, 2.45) is 0 Å². The fraction of sp³-hybridized carbons (Fsp3) is 0.500. The smallest absolute Gasteiger partial charge is 0.350 e. The number of nitrogens with one attached hydrogen (secondary N) is 1. The van der Waals surface area contributed by atoms with Crippen LogP contribution in [0.2, 0.25) is 0 Å². The summed E-state index contributed by atoms with van der Waals surface area (Å²) in [5.41, 5.74) is -1.69. The molecule has 3 N–H and O–H groups in total. The van der Waals surface area contributed by atoms with Gasteiger partial charge in [-0.1, -0.05) is 17.5 Å². The van der Waals surface area contributed by atoms with Gasteiger partial charge in [0, 0.05) is 5.38 Å². The number of hydrogen-bond acceptors (Lipinski definition) is 6. The van der Waals surface area contributed by atoms with E-state index >= 15 is 0 Å². The van der Waals surface area contributed by atoms with Gasteiger partial charge in [0.2, 0.25) is 0 Å². The standard InChI is InChI=1S/C10H9Cl2N3O5/c11-2-1-10(12)6(17)5(3-16)20-7(10)15-4-13-8(18)14-9(15)19/h4-7,16-17H,3H2,(H,14,18,19)/t5-,6+,7-,10?/m1/s1. The highest BCUT2D eigenvalue weighted by molar-refractivity contribution is 6.32. The molecule has 1 aliphatic heterocycles. The largest absolute Gasteiger partial charge is 0.394 e. The maximum Gasteiger partial charge on any atom is 0.350 e. The lowest BCUT2D eigenvalue weighted by molar-refractivity contribution is -0.0468. The average molecular weight is 322 g/mol. The molecule has 2 heterocycles. The molecular weight excluding hydrogens is 313 g/mol. The molecule has 2 rings (SSSR count). The minimum atomic E-state index is -1.76. The summed E-state index contributed by atoms with van der Waals surface area (Å²) in [6.45, 7) is -0.540. The minimum Gasteiger partial charge on any atom is -0.394 e. The molecule has 1 unspecified atom stereocenters. The minimum absolute atomic E-state index is 0.540. The maximum absolute atomic E-state index is 11.7. The summed E-state index contributed by atoms with van der Waals surface area (Å²) >= 11 is 11.5. The second-order valence-electron chi connectivity index (χ2n) is 4.03. The van der Waals surface area contributed by atoms with Crippen molar-refractivity contribution >= 4 is 23.2 Å². The topological polar surface area (TPSA) is 117 Å². The van der Waals surface area contributed by atoms with Crippen LogP contribution in [0.15, 0.2) is 15.9 Å². The van der Waals surface area contributed by atoms with Crippen LogP contribution in [0.5, 0.6) is 0 Å². The third-order valence-electron chi connectivity index (χ3n) is 2.86. The summed E-state index contributed by atoms with van der Waals surface area (Å²) in [7, 11) is 0. The molecule has 0 aromatic carbocycles. The molecule has 1 saturated heterocycles. The first kappa shape index (κ1) is 15.0. The van der Waals surface area contributed by atoms with Crippen LogP contribution in [-0.4, -0.2) is 48.4 Å². The SMILES string of the molecule is O=c1ncn([C@@H]2O[C@H](CO)[C@H](O)C2(Cl)C#CCl)c(=O)[nH]1. The van der Waals surface area contributed by atoms with Crippen molar-refractivity contribution in [1.82, 2.24) is 14.5 Å². The van der Waals surface area contributed by atoms with Crippen LogP contribution in [-0.2, 0) is 4.74 Å². The van der Waals surface area contributed by atoms with Crippen molar-refractivity contribution in [3.63, 3.8) is 0 Å². The van der Waals surface area contributed by atoms with E-state index in [-0.39, 0.29) is 0 Å². The second-order valence-corrected chi connectivity index (χ2v) is 4.84. The number of aliphatic hydroxyl groups is 2. The third-order valence-corrected chi connectivity index (χ3v) is 3.46. The Morgan fingerprint density at radius 3 is 2.85 bits per heavy atom. The summed E-state index contributed by atoms with van der Waals surface area (Å²) in [6.07, 6.45) is -2.83. The van der Waals surface area contributed by atoms with Crippen molar-refractivity contribution in [3.8, 4) is 11.3 Å². The number of rotatable bonds is 2. The molecule has 4 atom stereocenters. The lowest BCUT2D eigenvalue weighted by Crippen LogP contribution is -2.44. The van der Waals surface area contributed by atoms with Gasteiger partial charge in [-0.25, -0.2) is 9.59 Å². The summed E-state index contributed by atoms with van der Waals surface area (Å²) in [4.78, 5) is 26.2. The first-order valence-electron chi connectivity index (χ1n) is 5.37. The molecule has 1 aromatic rings. The van der Waals surface area contributed by atoms with Gasteiger partial charge in [0.15, 0.2) is 11.1 Å². The molecule has 0 amide bonds. The van der Waals surface area contributed by atoms with E-state index in [2.05, 4.69) is 10.9 Å². The molecule has 0 bridgehead atoms. The first-order chi connectivity index (χ1) is 9.43. The van der Waals surface area contributed by atoms with Crippen LogP contribution < -0.4 is 11.4 Å². The number of alkyl halides is 1. The molecule has 0 spiro atoms. The van der Waals surface area contributed by atoms with Gasteiger partial charge < -0.3 is 14.9 Å². The number of aromatic amines is 1. The Hall–Kier alpha value is -1.37. The molecule has 0 aliphatic carbocycles. The van der Waals surface area contributed by atoms with E-state index in [1.165, 1.54) is 0 Å². The summed E-state index contributed by atoms with van der Waals surface area (Å²) in [5.74, 6) is 2.34. The van der Waals surface area contributed by atoms with Crippen LogP contribution in [0.4, 0.5) is 0 Å². The Morgan fingerprint density at radius 1 is 1.60 bits per heavy atom. The van der Waals surface area contributed by atoms with E-state index in [0.29, 0.717) is 0 Å². The molecule has 1 aromatic heterocycles. The molecule has 1 fully saturated rings. The van der Waals surface area contributed by atoms with Gasteiger partial charge in [0.05, 0.1) is 6.61 Å². The summed E-state index contributed by atoms with van der Waals surface area (Å²) < 4.78 is 6.16. The van der Waals surface area contributed by atoms with Crippen molar-refractivity contribution in [2.75, 3.05) is 6.61 Å². The molecule has 20 heavy (non-hydrogen) atoms. The van der Waals surface area contributed by atoms with Crippen LogP contribution in [0.25, 0.3) is 0 Å². The molecule has 0 saturated carbocycles. The van der Waals surface area contributed by atoms with Gasteiger partial charge >= 0.3 is 11.4 Å². The predicted octanol–water partition coefficient (Wildman–Crippen LogP) is -1.64. The van der Waals surface area contributed by atoms with Crippen molar-refractivity contribution in [3.05, 3.63) is 27.3 Å². The lowest BCUT2D eigenvalue weighted by atomic mass is 10.00. The van der Waals surface area contributed by atoms with Gasteiger partial charge in [-0.2, -0.15) is 4.98 Å². The Balaban J connectivity index is 2.55. The number of aromatic nitrogens is 3. The van der Waals surface area contributed by atoms with Crippen LogP contribution in [0.3, 0.4) is 0 Å². The van der Waals surface area contributed by atoms with E-state index in [1.54, 1.807) is 0 Å². The predicted molar refractivity (Wildman–Crippen MR) is 68.3 cm³/mol. The average Bonchev–Trinajstić information content (AvgIpc) is 2.63. The third kappa shape index (κ3) is 2.34. The normalized spacial score (nSPS) is 32.7. The number of hydrogen-bond donors (Lipinski definition) is 3. The van der Waals surface area contributed by atoms with Gasteiger partial charge in [-0.3, -0.25) is 9.55 Å². The monoisotopic (exact) mass is 321 g/mol. The number of H-pyrrole nitrogens is 1. The summed E-state index contributed by atoms with van der Waals surface area (Å²) in [5, 5.41) is 21.2. The Morgan fingerprint density at radius 2 is 2.30 bits per heavy atom. The zero-order chi connectivity index (χ0) is 14.9. The highest BCUT2D eigenvalue weighted by Crippen LogP contribution is 2.42. The fourth-order valence-corrected chi connectivity index (χ4v) is 2.45. The Labute approximate surface area is 121 Å². The molecular formula is C10H9Cl2N3O5. The fourth-order valence-electron chi connectivity index (χ4n) is 1.90. The van der Waals surface area contributed by atoms with Gasteiger partial charge in [-0.15, -0.1) is 0 Å². The highest BCUT2D eigenvalue weighted by atomic mass is 35.5. The van der Waals surface area contributed by atoms with Gasteiger partial charge in [0.25, 0.3) is 0 Å². The first-order valence-corrected chi connectivity index (χ1v) is 6.13. The maximum atomic E-state index is 11.7. The van der Waals surface area contributed by atoms with E-state index in [0.717, 1.165) is 10.9 Å². The molecule has 10 heteroatoms. The molecule has 0 radical (unpaired) electrons. The number of nitrogens with zero attached hydrogens (tertiary/aromatic N) is 2. The molecule has 1 aliphatic rings. The van der Waals surface area contributed by atoms with E-state index in [4.69, 9.17) is 33.0 Å². The van der Waals surface area contributed by atoms with Gasteiger partial charge in [-0.05, 0) is 11.6 Å². The highest BCUT2D eigenvalue weighted by Gasteiger charge is 2.56. The van der Waals surface area contributed by atoms with E-state index < -0.39 is 41.3 Å². The van der Waals surface area contributed by atoms with Gasteiger partial charge in [0.1, 0.15) is 18.5 Å². The van der Waals surface area contributed by atoms with Crippen molar-refractivity contribution in [2.45, 2.75) is 23.3 Å².